The first-order chi connectivity index (χ1) is 12.1. The Labute approximate surface area is 154 Å². The van der Waals surface area contributed by atoms with E-state index in [0.29, 0.717) is 30.4 Å². The molecule has 1 aromatic heterocycles. The van der Waals surface area contributed by atoms with Crippen molar-refractivity contribution in [3.05, 3.63) is 16.1 Å². The van der Waals surface area contributed by atoms with Crippen LogP contribution in [0.5, 0.6) is 0 Å². The van der Waals surface area contributed by atoms with Gasteiger partial charge in [-0.25, -0.2) is 4.98 Å². The van der Waals surface area contributed by atoms with Crippen LogP contribution in [0.4, 0.5) is 0 Å². The van der Waals surface area contributed by atoms with Gasteiger partial charge in [-0.15, -0.1) is 11.3 Å². The van der Waals surface area contributed by atoms with Crippen LogP contribution in [-0.4, -0.2) is 54.7 Å². The van der Waals surface area contributed by atoms with E-state index in [1.165, 1.54) is 11.3 Å². The summed E-state index contributed by atoms with van der Waals surface area (Å²) in [7, 11) is 0. The molecule has 1 rings (SSSR count). The number of aliphatic hydroxyl groups is 1. The minimum atomic E-state index is -0.0882. The van der Waals surface area contributed by atoms with Gasteiger partial charge in [-0.2, -0.15) is 0 Å². The summed E-state index contributed by atoms with van der Waals surface area (Å²) in [6, 6.07) is 0. The topological polar surface area (TPSA) is 98.6 Å². The smallest absolute Gasteiger partial charge is 0.263 e. The standard InChI is InChI=1S/C17H31N5O2S/c1-4-6-14(7-10-23)11-21-17(18-5-2)20-9-8-19-16(24)15-13(3)22-12-25-15/h12,14,23H,4-11H2,1-3H3,(H,19,24)(H2,18,20,21). The van der Waals surface area contributed by atoms with Crippen molar-refractivity contribution < 1.29 is 9.90 Å². The molecule has 0 fully saturated rings. The summed E-state index contributed by atoms with van der Waals surface area (Å²) in [6.07, 6.45) is 2.93. The van der Waals surface area contributed by atoms with Crippen LogP contribution in [0.25, 0.3) is 0 Å². The zero-order valence-electron chi connectivity index (χ0n) is 15.5. The van der Waals surface area contributed by atoms with Gasteiger partial charge in [0.15, 0.2) is 5.96 Å². The fourth-order valence-corrected chi connectivity index (χ4v) is 3.16. The van der Waals surface area contributed by atoms with E-state index < -0.39 is 0 Å². The number of nitrogens with one attached hydrogen (secondary N) is 3. The molecule has 7 nitrogen and oxygen atoms in total. The first-order valence-electron chi connectivity index (χ1n) is 8.93. The lowest BCUT2D eigenvalue weighted by molar-refractivity contribution is 0.0957. The number of carbonyl (C=O) groups is 1. The lowest BCUT2D eigenvalue weighted by Crippen LogP contribution is -2.41. The molecule has 0 aliphatic heterocycles. The monoisotopic (exact) mass is 369 g/mol. The normalized spacial score (nSPS) is 12.7. The molecule has 1 heterocycles. The predicted octanol–water partition coefficient (Wildman–Crippen LogP) is 1.54. The highest BCUT2D eigenvalue weighted by atomic mass is 32.1. The van der Waals surface area contributed by atoms with E-state index in [4.69, 9.17) is 5.11 Å². The second kappa shape index (κ2) is 12.7. The van der Waals surface area contributed by atoms with Gasteiger partial charge < -0.3 is 21.1 Å². The summed E-state index contributed by atoms with van der Waals surface area (Å²) in [5.74, 6) is 1.05. The first-order valence-corrected chi connectivity index (χ1v) is 9.81. The van der Waals surface area contributed by atoms with Crippen LogP contribution >= 0.6 is 11.3 Å². The Morgan fingerprint density at radius 1 is 1.28 bits per heavy atom. The number of aryl methyl sites for hydroxylation is 1. The number of nitrogens with zero attached hydrogens (tertiary/aromatic N) is 2. The van der Waals surface area contributed by atoms with Crippen molar-refractivity contribution in [3.8, 4) is 0 Å². The molecule has 0 aliphatic rings. The van der Waals surface area contributed by atoms with Crippen molar-refractivity contribution in [1.29, 1.82) is 0 Å². The van der Waals surface area contributed by atoms with Crippen molar-refractivity contribution in [2.45, 2.75) is 40.0 Å². The number of hydrogen-bond acceptors (Lipinski definition) is 5. The molecule has 1 amide bonds. The Bertz CT molecular complexity index is 527. The molecule has 4 N–H and O–H groups in total. The van der Waals surface area contributed by atoms with Gasteiger partial charge in [0, 0.05) is 32.8 Å². The molecule has 0 aliphatic carbocycles. The molecule has 1 unspecified atom stereocenters. The van der Waals surface area contributed by atoms with Gasteiger partial charge in [0.2, 0.25) is 0 Å². The van der Waals surface area contributed by atoms with Crippen LogP contribution in [-0.2, 0) is 0 Å². The maximum Gasteiger partial charge on any atom is 0.263 e. The van der Waals surface area contributed by atoms with Gasteiger partial charge in [-0.3, -0.25) is 9.79 Å². The predicted molar refractivity (Wildman–Crippen MR) is 103 cm³/mol. The van der Waals surface area contributed by atoms with Gasteiger partial charge in [0.25, 0.3) is 5.91 Å². The Balaban J connectivity index is 2.40. The Morgan fingerprint density at radius 3 is 2.64 bits per heavy atom. The zero-order valence-corrected chi connectivity index (χ0v) is 16.3. The Morgan fingerprint density at radius 2 is 2.04 bits per heavy atom. The van der Waals surface area contributed by atoms with Crippen LogP contribution in [0.15, 0.2) is 10.5 Å². The van der Waals surface area contributed by atoms with Gasteiger partial charge in [-0.05, 0) is 32.6 Å². The van der Waals surface area contributed by atoms with E-state index in [1.807, 2.05) is 13.8 Å². The van der Waals surface area contributed by atoms with Crippen LogP contribution in [0.3, 0.4) is 0 Å². The van der Waals surface area contributed by atoms with Gasteiger partial charge in [0.05, 0.1) is 11.2 Å². The third-order valence-electron chi connectivity index (χ3n) is 3.74. The molecule has 0 saturated heterocycles. The molecule has 0 saturated carbocycles. The van der Waals surface area contributed by atoms with Crippen molar-refractivity contribution in [1.82, 2.24) is 20.9 Å². The fourth-order valence-electron chi connectivity index (χ4n) is 2.44. The number of aliphatic hydroxyl groups excluding tert-OH is 1. The summed E-state index contributed by atoms with van der Waals surface area (Å²) >= 11 is 1.35. The minimum Gasteiger partial charge on any atom is -0.396 e. The molecular weight excluding hydrogens is 338 g/mol. The number of aromatic nitrogens is 1. The highest BCUT2D eigenvalue weighted by molar-refractivity contribution is 7.11. The number of aliphatic imine (C=N–C) groups is 1. The molecule has 25 heavy (non-hydrogen) atoms. The maximum absolute atomic E-state index is 12.0. The van der Waals surface area contributed by atoms with Gasteiger partial charge in [0.1, 0.15) is 4.88 Å². The third kappa shape index (κ3) is 8.31. The fraction of sp³-hybridized carbons (Fsp3) is 0.706. The molecule has 0 radical (unpaired) electrons. The summed E-state index contributed by atoms with van der Waals surface area (Å²) in [6.45, 7) is 8.76. The van der Waals surface area contributed by atoms with Crippen molar-refractivity contribution >= 4 is 23.2 Å². The van der Waals surface area contributed by atoms with Gasteiger partial charge in [-0.1, -0.05) is 13.3 Å². The molecule has 1 atom stereocenters. The molecule has 142 valence electrons. The zero-order chi connectivity index (χ0) is 18.5. The van der Waals surface area contributed by atoms with Crippen molar-refractivity contribution in [2.75, 3.05) is 32.8 Å². The first kappa shape index (κ1) is 21.4. The average Bonchev–Trinajstić information content (AvgIpc) is 3.02. The third-order valence-corrected chi connectivity index (χ3v) is 4.67. The summed E-state index contributed by atoms with van der Waals surface area (Å²) in [5.41, 5.74) is 2.44. The number of carbonyl (C=O) groups excluding carboxylic acids is 1. The molecule has 8 heteroatoms. The van der Waals surface area contributed by atoms with E-state index in [2.05, 4.69) is 32.9 Å². The average molecular weight is 370 g/mol. The second-order valence-corrected chi connectivity index (χ2v) is 6.69. The van der Waals surface area contributed by atoms with E-state index in [-0.39, 0.29) is 12.5 Å². The molecule has 0 spiro atoms. The molecule has 0 bridgehead atoms. The summed E-state index contributed by atoms with van der Waals surface area (Å²) < 4.78 is 0. The maximum atomic E-state index is 12.0. The van der Waals surface area contributed by atoms with E-state index >= 15 is 0 Å². The minimum absolute atomic E-state index is 0.0882. The van der Waals surface area contributed by atoms with E-state index in [0.717, 1.165) is 37.5 Å². The number of amides is 1. The van der Waals surface area contributed by atoms with Gasteiger partial charge >= 0.3 is 0 Å². The molecule has 0 aromatic carbocycles. The van der Waals surface area contributed by atoms with E-state index in [1.54, 1.807) is 5.51 Å². The summed E-state index contributed by atoms with van der Waals surface area (Å²) in [4.78, 5) is 21.4. The lowest BCUT2D eigenvalue weighted by Gasteiger charge is -2.15. The van der Waals surface area contributed by atoms with E-state index in [9.17, 15) is 4.79 Å². The number of thiazole rings is 1. The van der Waals surface area contributed by atoms with Crippen LogP contribution in [0, 0.1) is 12.8 Å². The van der Waals surface area contributed by atoms with Crippen LogP contribution in [0.1, 0.15) is 48.5 Å². The highest BCUT2D eigenvalue weighted by Crippen LogP contribution is 2.11. The SMILES string of the molecule is CCCC(CCO)CN=C(NCC)NCCNC(=O)c1scnc1C. The van der Waals surface area contributed by atoms with Crippen LogP contribution < -0.4 is 16.0 Å². The Kier molecular flexibility index (Phi) is 10.8. The Hall–Kier alpha value is -1.67. The summed E-state index contributed by atoms with van der Waals surface area (Å²) in [5, 5.41) is 18.4. The molecular formula is C17H31N5O2S. The largest absolute Gasteiger partial charge is 0.396 e. The van der Waals surface area contributed by atoms with Crippen molar-refractivity contribution in [3.63, 3.8) is 0 Å². The number of guanidine groups is 1. The van der Waals surface area contributed by atoms with Crippen LogP contribution in [0.2, 0.25) is 0 Å². The number of hydrogen-bond donors (Lipinski definition) is 4. The van der Waals surface area contributed by atoms with Crippen molar-refractivity contribution in [2.24, 2.45) is 10.9 Å². The quantitative estimate of drug-likeness (QED) is 0.269. The second-order valence-electron chi connectivity index (χ2n) is 5.84. The highest BCUT2D eigenvalue weighted by Gasteiger charge is 2.11. The lowest BCUT2D eigenvalue weighted by atomic mass is 10.0. The number of rotatable bonds is 11. The molecule has 1 aromatic rings.